The quantitative estimate of drug-likeness (QED) is 0.183. The highest BCUT2D eigenvalue weighted by Gasteiger charge is 2.24. The molecule has 3 heterocycles. The molecule has 0 amide bonds. The van der Waals surface area contributed by atoms with Crippen LogP contribution in [-0.4, -0.2) is 19.5 Å². The molecule has 0 unspecified atom stereocenters. The summed E-state index contributed by atoms with van der Waals surface area (Å²) >= 11 is 1.84. The van der Waals surface area contributed by atoms with E-state index in [2.05, 4.69) is 139 Å². The van der Waals surface area contributed by atoms with Crippen molar-refractivity contribution in [3.8, 4) is 39.9 Å². The van der Waals surface area contributed by atoms with Gasteiger partial charge in [0.1, 0.15) is 0 Å². The number of aromatic nitrogens is 4. The predicted octanol–water partition coefficient (Wildman–Crippen LogP) is 12.5. The molecule has 0 fully saturated rings. The van der Waals surface area contributed by atoms with Crippen molar-refractivity contribution in [1.82, 2.24) is 19.5 Å². The molecule has 0 spiro atoms. The van der Waals surface area contributed by atoms with E-state index in [1.807, 2.05) is 47.7 Å². The monoisotopic (exact) mass is 670 g/mol. The van der Waals surface area contributed by atoms with Crippen molar-refractivity contribution >= 4 is 70.2 Å². The van der Waals surface area contributed by atoms with E-state index in [1.165, 1.54) is 52.8 Å². The molecule has 240 valence electrons. The van der Waals surface area contributed by atoms with Crippen LogP contribution in [0.1, 0.15) is 12.5 Å². The van der Waals surface area contributed by atoms with E-state index < -0.39 is 0 Å². The van der Waals surface area contributed by atoms with Crippen LogP contribution in [0.3, 0.4) is 0 Å². The molecule has 10 rings (SSSR count). The fraction of sp³-hybridized carbons (Fsp3) is 0.0217. The van der Waals surface area contributed by atoms with Crippen LogP contribution in [0.4, 0.5) is 0 Å². The zero-order valence-electron chi connectivity index (χ0n) is 27.8. The maximum atomic E-state index is 5.26. The van der Waals surface area contributed by atoms with Crippen molar-refractivity contribution in [3.05, 3.63) is 163 Å². The first-order valence-corrected chi connectivity index (χ1v) is 18.0. The van der Waals surface area contributed by atoms with Gasteiger partial charge in [0.25, 0.3) is 0 Å². The molecule has 10 aromatic rings. The Hall–Kier alpha value is -6.43. The lowest BCUT2D eigenvalue weighted by Gasteiger charge is -2.12. The first kappa shape index (κ1) is 29.5. The molecule has 0 N–H and O–H groups in total. The van der Waals surface area contributed by atoms with Crippen LogP contribution in [0.5, 0.6) is 0 Å². The van der Waals surface area contributed by atoms with Crippen molar-refractivity contribution in [3.63, 3.8) is 0 Å². The van der Waals surface area contributed by atoms with E-state index in [1.54, 1.807) is 0 Å². The summed E-state index contributed by atoms with van der Waals surface area (Å²) < 4.78 is 4.75. The molecule has 3 aromatic heterocycles. The van der Waals surface area contributed by atoms with Gasteiger partial charge in [-0.2, -0.15) is 9.97 Å². The minimum Gasteiger partial charge on any atom is -0.276 e. The largest absolute Gasteiger partial charge is 0.276 e. The van der Waals surface area contributed by atoms with Gasteiger partial charge in [-0.05, 0) is 58.7 Å². The third kappa shape index (κ3) is 4.78. The normalized spacial score (nSPS) is 11.9. The molecule has 0 saturated heterocycles. The Kier molecular flexibility index (Phi) is 6.86. The summed E-state index contributed by atoms with van der Waals surface area (Å²) in [5.74, 6) is 1.88. The lowest BCUT2D eigenvalue weighted by Crippen LogP contribution is -2.06. The molecule has 0 aliphatic rings. The summed E-state index contributed by atoms with van der Waals surface area (Å²) in [6.45, 7) is 2.06. The first-order chi connectivity index (χ1) is 25.2. The maximum Gasteiger partial charge on any atom is 0.238 e. The number of allylic oxidation sites excluding steroid dienone is 1. The van der Waals surface area contributed by atoms with Gasteiger partial charge in [0, 0.05) is 37.4 Å². The summed E-state index contributed by atoms with van der Waals surface area (Å²) in [7, 11) is 0. The highest BCUT2D eigenvalue weighted by molar-refractivity contribution is 7.27. The van der Waals surface area contributed by atoms with Crippen molar-refractivity contribution < 1.29 is 0 Å². The van der Waals surface area contributed by atoms with Gasteiger partial charge < -0.3 is 0 Å². The van der Waals surface area contributed by atoms with E-state index in [0.29, 0.717) is 17.6 Å². The molecule has 4 nitrogen and oxygen atoms in total. The van der Waals surface area contributed by atoms with Gasteiger partial charge in [0.05, 0.1) is 15.7 Å². The number of thiophene rings is 1. The van der Waals surface area contributed by atoms with Gasteiger partial charge in [0.2, 0.25) is 5.95 Å². The van der Waals surface area contributed by atoms with Gasteiger partial charge >= 0.3 is 0 Å². The molecule has 0 radical (unpaired) electrons. The fourth-order valence-electron chi connectivity index (χ4n) is 7.46. The van der Waals surface area contributed by atoms with Crippen molar-refractivity contribution in [2.45, 2.75) is 6.92 Å². The van der Waals surface area contributed by atoms with Gasteiger partial charge in [-0.25, -0.2) is 4.98 Å². The number of rotatable bonds is 5. The smallest absolute Gasteiger partial charge is 0.238 e. The summed E-state index contributed by atoms with van der Waals surface area (Å²) in [4.78, 5) is 15.5. The lowest BCUT2D eigenvalue weighted by atomic mass is 9.97. The minimum absolute atomic E-state index is 0.598. The molecule has 0 aliphatic heterocycles. The van der Waals surface area contributed by atoms with E-state index in [-0.39, 0.29) is 0 Å². The van der Waals surface area contributed by atoms with Crippen molar-refractivity contribution in [2.75, 3.05) is 0 Å². The highest BCUT2D eigenvalue weighted by atomic mass is 32.1. The number of benzene rings is 7. The molecule has 0 bridgehead atoms. The second-order valence-corrected chi connectivity index (χ2v) is 13.8. The molecular weight excluding hydrogens is 641 g/mol. The van der Waals surface area contributed by atoms with Crippen LogP contribution in [0.25, 0.3) is 98.7 Å². The van der Waals surface area contributed by atoms with Crippen LogP contribution >= 0.6 is 11.3 Å². The Labute approximate surface area is 298 Å². The highest BCUT2D eigenvalue weighted by Crippen LogP contribution is 2.48. The number of hydrogen-bond donors (Lipinski definition) is 0. The average Bonchev–Trinajstić information content (AvgIpc) is 3.75. The second-order valence-electron chi connectivity index (χ2n) is 12.8. The summed E-state index contributed by atoms with van der Waals surface area (Å²) in [6, 6.07) is 53.5. The first-order valence-electron chi connectivity index (χ1n) is 17.2. The summed E-state index contributed by atoms with van der Waals surface area (Å²) in [6.07, 6.45) is 4.26. The standard InChI is InChI=1S/C46H30N4S/c1-2-14-29-23-25-38-36(27-29)40-34-21-12-13-22-35(34)41-37-28-33(30-15-6-3-7-16-30)24-26-39(37)51-43(41)42(40)50(38)46-48-44(31-17-8-4-9-18-31)47-45(49-46)32-19-10-5-11-20-32/h2-28H,1H3. The zero-order valence-corrected chi connectivity index (χ0v) is 28.6. The summed E-state index contributed by atoms with van der Waals surface area (Å²) in [5.41, 5.74) is 7.64. The average molecular weight is 671 g/mol. The van der Waals surface area contributed by atoms with Gasteiger partial charge in [-0.15, -0.1) is 11.3 Å². The molecule has 7 aromatic carbocycles. The van der Waals surface area contributed by atoms with Crippen molar-refractivity contribution in [1.29, 1.82) is 0 Å². The maximum absolute atomic E-state index is 5.26. The van der Waals surface area contributed by atoms with E-state index in [4.69, 9.17) is 15.0 Å². The lowest BCUT2D eigenvalue weighted by molar-refractivity contribution is 0.955. The van der Waals surface area contributed by atoms with Crippen LogP contribution < -0.4 is 0 Å². The SMILES string of the molecule is CC=Cc1ccc2c(c1)c1c3ccccc3c3c4cc(-c5ccccc5)ccc4sc3c1n2-c1nc(-c2ccccc2)nc(-c2ccccc2)n1. The predicted molar refractivity (Wildman–Crippen MR) is 216 cm³/mol. The molecule has 0 aliphatic carbocycles. The molecular formula is C46H30N4S. The summed E-state index contributed by atoms with van der Waals surface area (Å²) in [5, 5.41) is 7.35. The van der Waals surface area contributed by atoms with Crippen molar-refractivity contribution in [2.24, 2.45) is 0 Å². The van der Waals surface area contributed by atoms with Crippen LogP contribution in [-0.2, 0) is 0 Å². The van der Waals surface area contributed by atoms with E-state index in [0.717, 1.165) is 27.7 Å². The number of hydrogen-bond acceptors (Lipinski definition) is 4. The molecule has 0 atom stereocenters. The third-order valence-corrected chi connectivity index (χ3v) is 10.9. The second kappa shape index (κ2) is 11.9. The van der Waals surface area contributed by atoms with Gasteiger partial charge in [-0.3, -0.25) is 4.57 Å². The molecule has 51 heavy (non-hydrogen) atoms. The van der Waals surface area contributed by atoms with E-state index in [9.17, 15) is 0 Å². The van der Waals surface area contributed by atoms with E-state index >= 15 is 0 Å². The fourth-order valence-corrected chi connectivity index (χ4v) is 8.70. The molecule has 5 heteroatoms. The van der Waals surface area contributed by atoms with Gasteiger partial charge in [-0.1, -0.05) is 140 Å². The minimum atomic E-state index is 0.598. The molecule has 0 saturated carbocycles. The Balaban J connectivity index is 1.39. The Morgan fingerprint density at radius 1 is 0.510 bits per heavy atom. The Morgan fingerprint density at radius 3 is 1.76 bits per heavy atom. The Bertz CT molecular complexity index is 2900. The van der Waals surface area contributed by atoms with Crippen LogP contribution in [0.15, 0.2) is 158 Å². The number of nitrogens with zero attached hydrogens (tertiary/aromatic N) is 4. The third-order valence-electron chi connectivity index (χ3n) is 9.71. The van der Waals surface area contributed by atoms with Crippen LogP contribution in [0, 0.1) is 0 Å². The Morgan fingerprint density at radius 2 is 1.12 bits per heavy atom. The number of fused-ring (bicyclic) bond motifs is 10. The van der Waals surface area contributed by atoms with Gasteiger partial charge in [0.15, 0.2) is 11.6 Å². The zero-order chi connectivity index (χ0) is 33.9. The topological polar surface area (TPSA) is 43.6 Å². The van der Waals surface area contributed by atoms with Crippen LogP contribution in [0.2, 0.25) is 0 Å².